The van der Waals surface area contributed by atoms with Gasteiger partial charge in [0, 0.05) is 36.8 Å². The molecule has 1 saturated heterocycles. The van der Waals surface area contributed by atoms with Crippen LogP contribution in [0.25, 0.3) is 11.3 Å². The summed E-state index contributed by atoms with van der Waals surface area (Å²) >= 11 is 0. The highest BCUT2D eigenvalue weighted by Crippen LogP contribution is 2.41. The van der Waals surface area contributed by atoms with Crippen LogP contribution >= 0.6 is 0 Å². The van der Waals surface area contributed by atoms with E-state index in [0.717, 1.165) is 41.8 Å². The van der Waals surface area contributed by atoms with Gasteiger partial charge in [0.05, 0.1) is 0 Å². The molecule has 5 rings (SSSR count). The number of piperidine rings is 1. The van der Waals surface area contributed by atoms with Crippen LogP contribution in [-0.2, 0) is 16.8 Å². The van der Waals surface area contributed by atoms with Crippen molar-refractivity contribution in [1.29, 1.82) is 0 Å². The number of aromatic nitrogens is 4. The maximum Gasteiger partial charge on any atom is 0.490 e. The highest BCUT2D eigenvalue weighted by atomic mass is 19.4. The third-order valence-corrected chi connectivity index (χ3v) is 6.95. The number of carboxylic acids is 1. The van der Waals surface area contributed by atoms with Crippen LogP contribution in [-0.4, -0.2) is 60.9 Å². The minimum absolute atomic E-state index is 0.0326. The molecule has 0 saturated carbocycles. The number of aliphatic carboxylic acids is 1. The average molecular weight is 530 g/mol. The second-order valence-corrected chi connectivity index (χ2v) is 9.54. The molecule has 2 aliphatic rings. The Morgan fingerprint density at radius 3 is 2.13 bits per heavy atom. The summed E-state index contributed by atoms with van der Waals surface area (Å²) in [5.41, 5.74) is 3.59. The normalized spacial score (nSPS) is 16.0. The van der Waals surface area contributed by atoms with E-state index in [1.165, 1.54) is 0 Å². The van der Waals surface area contributed by atoms with Gasteiger partial charge in [0.25, 0.3) is 11.5 Å². The summed E-state index contributed by atoms with van der Waals surface area (Å²) in [6.07, 6.45) is -0.987. The zero-order chi connectivity index (χ0) is 27.7. The molecule has 0 bridgehead atoms. The maximum atomic E-state index is 13.1. The molecular formula is C26H26F3N5O4. The molecule has 2 aliphatic heterocycles. The summed E-state index contributed by atoms with van der Waals surface area (Å²) in [4.78, 5) is 41.0. The largest absolute Gasteiger partial charge is 0.490 e. The lowest BCUT2D eigenvalue weighted by molar-refractivity contribution is -0.192. The first-order valence-electron chi connectivity index (χ1n) is 12.0. The summed E-state index contributed by atoms with van der Waals surface area (Å²) in [6, 6.07) is 11.5. The third-order valence-electron chi connectivity index (χ3n) is 6.95. The van der Waals surface area contributed by atoms with Gasteiger partial charge in [-0.25, -0.2) is 4.79 Å². The van der Waals surface area contributed by atoms with Crippen molar-refractivity contribution < 1.29 is 27.9 Å². The Hall–Kier alpha value is -4.09. The number of amides is 1. The average Bonchev–Trinajstić information content (AvgIpc) is 3.23. The van der Waals surface area contributed by atoms with E-state index in [1.54, 1.807) is 10.8 Å². The van der Waals surface area contributed by atoms with Crippen molar-refractivity contribution >= 4 is 11.9 Å². The molecule has 3 aromatic rings. The number of pyridine rings is 1. The smallest absolute Gasteiger partial charge is 0.475 e. The number of fused-ring (bicyclic) bond motifs is 2. The second-order valence-electron chi connectivity index (χ2n) is 9.54. The Morgan fingerprint density at radius 2 is 1.55 bits per heavy atom. The quantitative estimate of drug-likeness (QED) is 0.540. The molecule has 12 heteroatoms. The maximum absolute atomic E-state index is 13.1. The number of rotatable bonds is 2. The standard InChI is InChI=1S/C24H25N5O2.C2HF3O2/c1-16-3-5-18(6-4-16)20-22(31)29-14-10-24(23(29)27-26-20)8-12-28(13-9-24)21(30)19-15-17(2)7-11-25-19;3-2(4,5)1(6)7/h3-7,11,15H,8-10,12-14H2,1-2H3;(H,6,7). The van der Waals surface area contributed by atoms with Crippen molar-refractivity contribution in [3.8, 4) is 11.3 Å². The van der Waals surface area contributed by atoms with Gasteiger partial charge >= 0.3 is 12.1 Å². The molecule has 1 amide bonds. The summed E-state index contributed by atoms with van der Waals surface area (Å²) in [7, 11) is 0. The molecule has 4 heterocycles. The van der Waals surface area contributed by atoms with E-state index in [1.807, 2.05) is 55.1 Å². The number of hydrogen-bond acceptors (Lipinski definition) is 6. The van der Waals surface area contributed by atoms with E-state index in [2.05, 4.69) is 15.2 Å². The van der Waals surface area contributed by atoms with Crippen molar-refractivity contribution in [3.05, 3.63) is 75.6 Å². The lowest BCUT2D eigenvalue weighted by Gasteiger charge is -2.38. The fourth-order valence-corrected chi connectivity index (χ4v) is 4.77. The minimum Gasteiger partial charge on any atom is -0.475 e. The number of nitrogens with zero attached hydrogens (tertiary/aromatic N) is 5. The van der Waals surface area contributed by atoms with Crippen LogP contribution in [0.4, 0.5) is 13.2 Å². The van der Waals surface area contributed by atoms with Gasteiger partial charge in [-0.3, -0.25) is 19.1 Å². The van der Waals surface area contributed by atoms with Crippen LogP contribution in [0.1, 0.15) is 46.7 Å². The van der Waals surface area contributed by atoms with Crippen molar-refractivity contribution in [2.75, 3.05) is 13.1 Å². The number of aryl methyl sites for hydroxylation is 2. The van der Waals surface area contributed by atoms with Crippen molar-refractivity contribution in [2.45, 2.75) is 51.2 Å². The van der Waals surface area contributed by atoms with E-state index in [0.29, 0.717) is 31.0 Å². The van der Waals surface area contributed by atoms with E-state index in [4.69, 9.17) is 9.90 Å². The van der Waals surface area contributed by atoms with Gasteiger partial charge in [0.1, 0.15) is 11.5 Å². The van der Waals surface area contributed by atoms with E-state index >= 15 is 0 Å². The van der Waals surface area contributed by atoms with Crippen LogP contribution in [0.3, 0.4) is 0 Å². The third kappa shape index (κ3) is 5.43. The van der Waals surface area contributed by atoms with Gasteiger partial charge in [0.15, 0.2) is 5.69 Å². The zero-order valence-electron chi connectivity index (χ0n) is 20.8. The molecule has 0 unspecified atom stereocenters. The monoisotopic (exact) mass is 529 g/mol. The summed E-state index contributed by atoms with van der Waals surface area (Å²) in [5.74, 6) is -2.02. The van der Waals surface area contributed by atoms with Crippen LogP contribution < -0.4 is 5.56 Å². The molecule has 0 aliphatic carbocycles. The SMILES string of the molecule is Cc1ccc(-c2nnc3n(c2=O)CCC32CCN(C(=O)c3cc(C)ccn3)CC2)cc1.O=C(O)C(F)(F)F. The molecule has 38 heavy (non-hydrogen) atoms. The molecule has 0 radical (unpaired) electrons. The van der Waals surface area contributed by atoms with Crippen molar-refractivity contribution in [1.82, 2.24) is 24.6 Å². The first kappa shape index (κ1) is 27.0. The highest BCUT2D eigenvalue weighted by Gasteiger charge is 2.45. The molecule has 9 nitrogen and oxygen atoms in total. The zero-order valence-corrected chi connectivity index (χ0v) is 20.8. The number of carbonyl (C=O) groups excluding carboxylic acids is 1. The molecule has 2 aromatic heterocycles. The molecular weight excluding hydrogens is 503 g/mol. The summed E-state index contributed by atoms with van der Waals surface area (Å²) in [5, 5.41) is 16.0. The Balaban J connectivity index is 0.000000426. The number of carboxylic acid groups (broad SMARTS) is 1. The van der Waals surface area contributed by atoms with Crippen LogP contribution in [0, 0.1) is 13.8 Å². The summed E-state index contributed by atoms with van der Waals surface area (Å²) < 4.78 is 33.5. The number of halogens is 3. The molecule has 1 N–H and O–H groups in total. The molecule has 200 valence electrons. The van der Waals surface area contributed by atoms with Gasteiger partial charge in [-0.2, -0.15) is 13.2 Å². The Morgan fingerprint density at radius 1 is 0.947 bits per heavy atom. The highest BCUT2D eigenvalue weighted by molar-refractivity contribution is 5.92. The minimum atomic E-state index is -5.08. The van der Waals surface area contributed by atoms with Crippen LogP contribution in [0.2, 0.25) is 0 Å². The number of alkyl halides is 3. The number of hydrogen-bond donors (Lipinski definition) is 1. The van der Waals surface area contributed by atoms with Crippen LogP contribution in [0.15, 0.2) is 47.4 Å². The van der Waals surface area contributed by atoms with E-state index in [9.17, 15) is 22.8 Å². The predicted molar refractivity (Wildman–Crippen MR) is 131 cm³/mol. The fourth-order valence-electron chi connectivity index (χ4n) is 4.77. The molecule has 0 atom stereocenters. The lowest BCUT2D eigenvalue weighted by Crippen LogP contribution is -2.45. The fraction of sp³-hybridized carbons (Fsp3) is 0.385. The van der Waals surface area contributed by atoms with Gasteiger partial charge in [-0.1, -0.05) is 29.8 Å². The topological polar surface area (TPSA) is 118 Å². The van der Waals surface area contributed by atoms with Gasteiger partial charge in [-0.05, 0) is 50.8 Å². The Kier molecular flexibility index (Phi) is 7.34. The number of likely N-dealkylation sites (tertiary alicyclic amines) is 1. The Labute approximate surface area is 216 Å². The summed E-state index contributed by atoms with van der Waals surface area (Å²) in [6.45, 7) is 5.88. The van der Waals surface area contributed by atoms with Gasteiger partial charge < -0.3 is 10.0 Å². The molecule has 1 aromatic carbocycles. The molecule has 1 spiro atoms. The van der Waals surface area contributed by atoms with E-state index in [-0.39, 0.29) is 16.9 Å². The molecule has 1 fully saturated rings. The Bertz CT molecular complexity index is 1410. The lowest BCUT2D eigenvalue weighted by atomic mass is 9.76. The van der Waals surface area contributed by atoms with Gasteiger partial charge in [0.2, 0.25) is 0 Å². The first-order chi connectivity index (χ1) is 17.9. The number of benzene rings is 1. The van der Waals surface area contributed by atoms with E-state index < -0.39 is 12.1 Å². The van der Waals surface area contributed by atoms with Crippen LogP contribution in [0.5, 0.6) is 0 Å². The number of carbonyl (C=O) groups is 2. The van der Waals surface area contributed by atoms with Crippen molar-refractivity contribution in [2.24, 2.45) is 0 Å². The first-order valence-corrected chi connectivity index (χ1v) is 12.0. The second kappa shape index (κ2) is 10.3. The predicted octanol–water partition coefficient (Wildman–Crippen LogP) is 3.53. The van der Waals surface area contributed by atoms with Crippen molar-refractivity contribution in [3.63, 3.8) is 0 Å². The van der Waals surface area contributed by atoms with Gasteiger partial charge in [-0.15, -0.1) is 10.2 Å².